The lowest BCUT2D eigenvalue weighted by molar-refractivity contribution is 1.31. The number of nitriles is 1. The number of aryl methyl sites for hydroxylation is 1. The molecule has 0 atom stereocenters. The van der Waals surface area contributed by atoms with Gasteiger partial charge >= 0.3 is 0 Å². The summed E-state index contributed by atoms with van der Waals surface area (Å²) in [5.74, 6) is 0.251. The van der Waals surface area contributed by atoms with Crippen molar-refractivity contribution in [2.75, 3.05) is 5.73 Å². The fraction of sp³-hybridized carbons (Fsp3) is 0.0526. The van der Waals surface area contributed by atoms with Gasteiger partial charge in [0.25, 0.3) is 0 Å². The summed E-state index contributed by atoms with van der Waals surface area (Å²) in [7, 11) is 0. The molecule has 0 spiro atoms. The maximum absolute atomic E-state index is 9.44. The molecule has 0 fully saturated rings. The number of benzene rings is 2. The summed E-state index contributed by atoms with van der Waals surface area (Å²) >= 11 is 3.47. The van der Waals surface area contributed by atoms with E-state index in [2.05, 4.69) is 27.0 Å². The summed E-state index contributed by atoms with van der Waals surface area (Å²) in [5, 5.41) is 9.44. The first-order valence-corrected chi connectivity index (χ1v) is 7.91. The molecule has 3 nitrogen and oxygen atoms in total. The van der Waals surface area contributed by atoms with Gasteiger partial charge in [-0.05, 0) is 30.7 Å². The molecule has 1 aromatic heterocycles. The maximum Gasteiger partial charge on any atom is 0.142 e. The van der Waals surface area contributed by atoms with Crippen molar-refractivity contribution in [1.29, 1.82) is 5.26 Å². The van der Waals surface area contributed by atoms with Crippen LogP contribution in [0.1, 0.15) is 11.1 Å². The van der Waals surface area contributed by atoms with Gasteiger partial charge in [-0.25, -0.2) is 4.98 Å². The number of nitrogens with zero attached hydrogens (tertiary/aromatic N) is 2. The topological polar surface area (TPSA) is 62.7 Å². The van der Waals surface area contributed by atoms with Crippen LogP contribution in [0.3, 0.4) is 0 Å². The summed E-state index contributed by atoms with van der Waals surface area (Å²) in [6.07, 6.45) is 0. The van der Waals surface area contributed by atoms with Crippen LogP contribution in [0.2, 0.25) is 0 Å². The lowest BCUT2D eigenvalue weighted by Crippen LogP contribution is -1.99. The maximum atomic E-state index is 9.44. The Morgan fingerprint density at radius 2 is 1.78 bits per heavy atom. The van der Waals surface area contributed by atoms with E-state index in [1.807, 2.05) is 61.5 Å². The van der Waals surface area contributed by atoms with Gasteiger partial charge in [0.15, 0.2) is 0 Å². The van der Waals surface area contributed by atoms with Crippen LogP contribution in [0.4, 0.5) is 5.82 Å². The SMILES string of the molecule is Cc1ccc(-c2cc(-c3cccc(Br)c3)nc(N)c2C#N)cc1. The Balaban J connectivity index is 2.22. The van der Waals surface area contributed by atoms with Crippen LogP contribution < -0.4 is 5.73 Å². The molecule has 0 aliphatic carbocycles. The van der Waals surface area contributed by atoms with E-state index in [0.717, 1.165) is 26.9 Å². The van der Waals surface area contributed by atoms with Crippen LogP contribution in [0.25, 0.3) is 22.4 Å². The number of nitrogen functional groups attached to an aromatic ring is 1. The van der Waals surface area contributed by atoms with Gasteiger partial charge in [0.05, 0.1) is 5.69 Å². The Morgan fingerprint density at radius 1 is 1.04 bits per heavy atom. The van der Waals surface area contributed by atoms with Gasteiger partial charge in [0.1, 0.15) is 17.5 Å². The van der Waals surface area contributed by atoms with Crippen molar-refractivity contribution in [2.45, 2.75) is 6.92 Å². The van der Waals surface area contributed by atoms with Crippen molar-refractivity contribution in [3.63, 3.8) is 0 Å². The molecule has 2 aromatic carbocycles. The lowest BCUT2D eigenvalue weighted by Gasteiger charge is -2.11. The Hall–Kier alpha value is -2.64. The molecule has 0 amide bonds. The number of hydrogen-bond acceptors (Lipinski definition) is 3. The van der Waals surface area contributed by atoms with Crippen molar-refractivity contribution in [3.8, 4) is 28.5 Å². The molecule has 112 valence electrons. The van der Waals surface area contributed by atoms with E-state index in [9.17, 15) is 5.26 Å². The zero-order valence-corrected chi connectivity index (χ0v) is 14.1. The molecule has 0 aliphatic heterocycles. The Bertz CT molecular complexity index is 909. The third-order valence-corrected chi connectivity index (χ3v) is 4.14. The quantitative estimate of drug-likeness (QED) is 0.701. The molecule has 3 rings (SSSR count). The zero-order chi connectivity index (χ0) is 16.4. The molecule has 0 bridgehead atoms. The van der Waals surface area contributed by atoms with E-state index < -0.39 is 0 Å². The average Bonchev–Trinajstić information content (AvgIpc) is 2.55. The van der Waals surface area contributed by atoms with Crippen LogP contribution in [0.15, 0.2) is 59.1 Å². The summed E-state index contributed by atoms with van der Waals surface area (Å²) < 4.78 is 0.969. The molecule has 0 saturated carbocycles. The standard InChI is InChI=1S/C19H14BrN3/c1-12-5-7-13(8-6-12)16-10-18(23-19(22)17(16)11-21)14-3-2-4-15(20)9-14/h2-10H,1H3,(H2,22,23). The van der Waals surface area contributed by atoms with Crippen LogP contribution >= 0.6 is 15.9 Å². The van der Waals surface area contributed by atoms with Gasteiger partial charge < -0.3 is 5.73 Å². The first-order valence-electron chi connectivity index (χ1n) is 7.12. The summed E-state index contributed by atoms with van der Waals surface area (Å²) in [6.45, 7) is 2.03. The second kappa shape index (κ2) is 6.23. The van der Waals surface area contributed by atoms with Crippen LogP contribution in [-0.2, 0) is 0 Å². The number of halogens is 1. The Morgan fingerprint density at radius 3 is 2.43 bits per heavy atom. The molecule has 23 heavy (non-hydrogen) atoms. The second-order valence-electron chi connectivity index (χ2n) is 5.30. The van der Waals surface area contributed by atoms with E-state index in [1.54, 1.807) is 0 Å². The summed E-state index contributed by atoms with van der Waals surface area (Å²) in [5.41, 5.74) is 11.1. The van der Waals surface area contributed by atoms with Gasteiger partial charge in [-0.3, -0.25) is 0 Å². The predicted octanol–water partition coefficient (Wildman–Crippen LogP) is 4.94. The first-order chi connectivity index (χ1) is 11.1. The highest BCUT2D eigenvalue weighted by Gasteiger charge is 2.13. The number of hydrogen-bond donors (Lipinski definition) is 1. The minimum absolute atomic E-state index is 0.251. The zero-order valence-electron chi connectivity index (χ0n) is 12.5. The lowest BCUT2D eigenvalue weighted by atomic mass is 9.98. The Labute approximate surface area is 143 Å². The van der Waals surface area contributed by atoms with Crippen molar-refractivity contribution < 1.29 is 0 Å². The van der Waals surface area contributed by atoms with Gasteiger partial charge in [-0.15, -0.1) is 0 Å². The van der Waals surface area contributed by atoms with E-state index >= 15 is 0 Å². The monoisotopic (exact) mass is 363 g/mol. The van der Waals surface area contributed by atoms with Crippen molar-refractivity contribution in [1.82, 2.24) is 4.98 Å². The number of aromatic nitrogens is 1. The molecular weight excluding hydrogens is 350 g/mol. The third-order valence-electron chi connectivity index (χ3n) is 3.64. The normalized spacial score (nSPS) is 10.3. The summed E-state index contributed by atoms with van der Waals surface area (Å²) in [4.78, 5) is 4.39. The molecule has 0 radical (unpaired) electrons. The summed E-state index contributed by atoms with van der Waals surface area (Å²) in [6, 6.07) is 20.0. The van der Waals surface area contributed by atoms with Gasteiger partial charge in [0.2, 0.25) is 0 Å². The third kappa shape index (κ3) is 3.10. The van der Waals surface area contributed by atoms with E-state index in [4.69, 9.17) is 5.73 Å². The molecule has 1 heterocycles. The fourth-order valence-electron chi connectivity index (χ4n) is 2.44. The Kier molecular flexibility index (Phi) is 4.14. The van der Waals surface area contributed by atoms with Gasteiger partial charge in [0, 0.05) is 15.6 Å². The minimum Gasteiger partial charge on any atom is -0.383 e. The second-order valence-corrected chi connectivity index (χ2v) is 6.22. The highest BCUT2D eigenvalue weighted by molar-refractivity contribution is 9.10. The molecule has 2 N–H and O–H groups in total. The molecule has 4 heteroatoms. The molecule has 3 aromatic rings. The highest BCUT2D eigenvalue weighted by Crippen LogP contribution is 2.32. The van der Waals surface area contributed by atoms with Crippen molar-refractivity contribution in [2.24, 2.45) is 0 Å². The van der Waals surface area contributed by atoms with Crippen molar-refractivity contribution >= 4 is 21.7 Å². The smallest absolute Gasteiger partial charge is 0.142 e. The first kappa shape index (κ1) is 15.3. The van der Waals surface area contributed by atoms with Gasteiger partial charge in [-0.2, -0.15) is 5.26 Å². The average molecular weight is 364 g/mol. The molecule has 0 saturated heterocycles. The number of nitrogens with two attached hydrogens (primary N) is 1. The van der Waals surface area contributed by atoms with Crippen molar-refractivity contribution in [3.05, 3.63) is 70.2 Å². The number of anilines is 1. The van der Waals surface area contributed by atoms with E-state index in [1.165, 1.54) is 5.56 Å². The number of pyridine rings is 1. The van der Waals surface area contributed by atoms with E-state index in [0.29, 0.717) is 5.56 Å². The number of rotatable bonds is 2. The van der Waals surface area contributed by atoms with E-state index in [-0.39, 0.29) is 5.82 Å². The molecule has 0 aliphatic rings. The van der Waals surface area contributed by atoms with Crippen LogP contribution in [-0.4, -0.2) is 4.98 Å². The highest BCUT2D eigenvalue weighted by atomic mass is 79.9. The largest absolute Gasteiger partial charge is 0.383 e. The van der Waals surface area contributed by atoms with Gasteiger partial charge in [-0.1, -0.05) is 57.9 Å². The predicted molar refractivity (Wildman–Crippen MR) is 96.7 cm³/mol. The fourth-order valence-corrected chi connectivity index (χ4v) is 2.84. The minimum atomic E-state index is 0.251. The molecular formula is C19H14BrN3. The molecule has 0 unspecified atom stereocenters. The van der Waals surface area contributed by atoms with Crippen LogP contribution in [0.5, 0.6) is 0 Å². The van der Waals surface area contributed by atoms with Crippen LogP contribution in [0, 0.1) is 18.3 Å².